The Morgan fingerprint density at radius 1 is 1.17 bits per heavy atom. The maximum atomic E-state index is 11.2. The molecule has 0 aromatic carbocycles. The van der Waals surface area contributed by atoms with Gasteiger partial charge in [-0.2, -0.15) is 8.42 Å². The highest BCUT2D eigenvalue weighted by Crippen LogP contribution is 2.02. The summed E-state index contributed by atoms with van der Waals surface area (Å²) in [5.74, 6) is -6.04. The molecule has 0 bridgehead atoms. The zero-order valence-corrected chi connectivity index (χ0v) is 10.2. The van der Waals surface area contributed by atoms with Gasteiger partial charge in [0.05, 0.1) is 5.92 Å². The molecule has 104 valence electrons. The Kier molecular flexibility index (Phi) is 5.72. The Balaban J connectivity index is 4.57. The van der Waals surface area contributed by atoms with Crippen molar-refractivity contribution in [2.75, 3.05) is 5.75 Å². The SMILES string of the molecule is C[C@H](CC(=O)N[C@H](CS(=O)(=O)O)C(=O)O)C(=O)O. The van der Waals surface area contributed by atoms with Crippen LogP contribution < -0.4 is 5.32 Å². The molecule has 0 heterocycles. The molecule has 0 aliphatic heterocycles. The molecule has 0 aromatic rings. The number of carbonyl (C=O) groups is 3. The number of carboxylic acid groups (broad SMARTS) is 2. The van der Waals surface area contributed by atoms with Crippen LogP contribution >= 0.6 is 0 Å². The number of hydrogen-bond donors (Lipinski definition) is 4. The van der Waals surface area contributed by atoms with Crippen LogP contribution in [-0.4, -0.2) is 52.8 Å². The lowest BCUT2D eigenvalue weighted by molar-refractivity contribution is -0.144. The number of amides is 1. The van der Waals surface area contributed by atoms with Crippen molar-refractivity contribution in [1.82, 2.24) is 5.32 Å². The molecule has 2 atom stereocenters. The molecule has 4 N–H and O–H groups in total. The molecule has 9 nitrogen and oxygen atoms in total. The number of rotatable bonds is 7. The number of carbonyl (C=O) groups excluding carboxylic acids is 1. The lowest BCUT2D eigenvalue weighted by atomic mass is 10.1. The molecule has 10 heteroatoms. The summed E-state index contributed by atoms with van der Waals surface area (Å²) < 4.78 is 29.5. The first-order valence-corrected chi connectivity index (χ1v) is 6.34. The van der Waals surface area contributed by atoms with Crippen molar-refractivity contribution in [2.45, 2.75) is 19.4 Å². The molecule has 1 amide bonds. The maximum absolute atomic E-state index is 11.2. The van der Waals surface area contributed by atoms with Crippen LogP contribution in [0.4, 0.5) is 0 Å². The van der Waals surface area contributed by atoms with Gasteiger partial charge in [-0.1, -0.05) is 6.92 Å². The Bertz CT molecular complexity index is 442. The third-order valence-electron chi connectivity index (χ3n) is 1.92. The minimum atomic E-state index is -4.57. The fourth-order valence-electron chi connectivity index (χ4n) is 1.00. The summed E-state index contributed by atoms with van der Waals surface area (Å²) in [7, 11) is -4.57. The molecule has 0 aliphatic rings. The van der Waals surface area contributed by atoms with Crippen molar-refractivity contribution in [2.24, 2.45) is 5.92 Å². The van der Waals surface area contributed by atoms with Crippen LogP contribution in [-0.2, 0) is 24.5 Å². The molecule has 0 saturated carbocycles. The molecular weight excluding hydrogens is 270 g/mol. The number of hydrogen-bond acceptors (Lipinski definition) is 5. The highest BCUT2D eigenvalue weighted by Gasteiger charge is 2.26. The third-order valence-corrected chi connectivity index (χ3v) is 2.68. The van der Waals surface area contributed by atoms with E-state index in [2.05, 4.69) is 0 Å². The first-order valence-electron chi connectivity index (χ1n) is 4.73. The van der Waals surface area contributed by atoms with Crippen LogP contribution in [0.5, 0.6) is 0 Å². The average Bonchev–Trinajstić information content (AvgIpc) is 2.13. The summed E-state index contributed by atoms with van der Waals surface area (Å²) in [6.45, 7) is 1.24. The normalized spacial score (nSPS) is 14.6. The maximum Gasteiger partial charge on any atom is 0.327 e. The standard InChI is InChI=1S/C8H13NO8S/c1-4(7(11)12)2-6(10)9-5(8(13)14)3-18(15,16)17/h4-5H,2-3H2,1H3,(H,9,10)(H,11,12)(H,13,14)(H,15,16,17)/t4-,5-/m1/s1. The highest BCUT2D eigenvalue weighted by atomic mass is 32.2. The fourth-order valence-corrected chi connectivity index (χ4v) is 1.65. The van der Waals surface area contributed by atoms with Crippen LogP contribution in [0, 0.1) is 5.92 Å². The molecule has 0 fully saturated rings. The highest BCUT2D eigenvalue weighted by molar-refractivity contribution is 7.85. The average molecular weight is 283 g/mol. The summed E-state index contributed by atoms with van der Waals surface area (Å²) in [6.07, 6.45) is -0.495. The Labute approximate surface area is 103 Å². The van der Waals surface area contributed by atoms with Crippen LogP contribution in [0.25, 0.3) is 0 Å². The zero-order valence-electron chi connectivity index (χ0n) is 9.36. The Morgan fingerprint density at radius 3 is 2.00 bits per heavy atom. The molecule has 0 unspecified atom stereocenters. The quantitative estimate of drug-likeness (QED) is 0.413. The second kappa shape index (κ2) is 6.31. The molecule has 0 spiro atoms. The predicted octanol–water partition coefficient (Wildman–Crippen LogP) is -1.45. The number of aliphatic carboxylic acids is 2. The minimum absolute atomic E-state index is 0.495. The lowest BCUT2D eigenvalue weighted by Crippen LogP contribution is -2.45. The molecular formula is C8H13NO8S. The van der Waals surface area contributed by atoms with E-state index in [9.17, 15) is 22.8 Å². The first-order chi connectivity index (χ1) is 8.03. The van der Waals surface area contributed by atoms with E-state index in [-0.39, 0.29) is 0 Å². The summed E-state index contributed by atoms with van der Waals surface area (Å²) in [6, 6.07) is -1.83. The van der Waals surface area contributed by atoms with Crippen LogP contribution in [0.3, 0.4) is 0 Å². The van der Waals surface area contributed by atoms with E-state index < -0.39 is 52.1 Å². The van der Waals surface area contributed by atoms with E-state index in [0.29, 0.717) is 0 Å². The van der Waals surface area contributed by atoms with Gasteiger partial charge in [0.15, 0.2) is 0 Å². The van der Waals surface area contributed by atoms with Gasteiger partial charge in [-0.25, -0.2) is 4.79 Å². The Morgan fingerprint density at radius 2 is 1.67 bits per heavy atom. The van der Waals surface area contributed by atoms with Gasteiger partial charge in [-0.05, 0) is 0 Å². The van der Waals surface area contributed by atoms with Gasteiger partial charge in [0, 0.05) is 6.42 Å². The molecule has 0 aromatic heterocycles. The molecule has 18 heavy (non-hydrogen) atoms. The van der Waals surface area contributed by atoms with Gasteiger partial charge in [0.1, 0.15) is 11.8 Å². The van der Waals surface area contributed by atoms with E-state index in [1.807, 2.05) is 5.32 Å². The Hall–Kier alpha value is -1.68. The van der Waals surface area contributed by atoms with E-state index in [1.54, 1.807) is 0 Å². The van der Waals surface area contributed by atoms with Crippen LogP contribution in [0.1, 0.15) is 13.3 Å². The predicted molar refractivity (Wildman–Crippen MR) is 57.4 cm³/mol. The van der Waals surface area contributed by atoms with Gasteiger partial charge >= 0.3 is 11.9 Å². The van der Waals surface area contributed by atoms with Crippen molar-refractivity contribution in [3.8, 4) is 0 Å². The molecule has 0 saturated heterocycles. The lowest BCUT2D eigenvalue weighted by Gasteiger charge is -2.13. The van der Waals surface area contributed by atoms with Gasteiger partial charge in [-0.3, -0.25) is 14.1 Å². The zero-order chi connectivity index (χ0) is 14.5. The van der Waals surface area contributed by atoms with Gasteiger partial charge in [0.2, 0.25) is 5.91 Å². The second-order valence-corrected chi connectivity index (χ2v) is 5.15. The van der Waals surface area contributed by atoms with Crippen molar-refractivity contribution in [3.63, 3.8) is 0 Å². The largest absolute Gasteiger partial charge is 0.481 e. The van der Waals surface area contributed by atoms with Gasteiger partial charge in [-0.15, -0.1) is 0 Å². The second-order valence-electron chi connectivity index (χ2n) is 3.65. The monoisotopic (exact) mass is 283 g/mol. The van der Waals surface area contributed by atoms with E-state index >= 15 is 0 Å². The summed E-state index contributed by atoms with van der Waals surface area (Å²) in [5.41, 5.74) is 0. The van der Waals surface area contributed by atoms with Crippen LogP contribution in [0.15, 0.2) is 0 Å². The smallest absolute Gasteiger partial charge is 0.327 e. The summed E-state index contributed by atoms with van der Waals surface area (Å²) in [5, 5.41) is 19.0. The summed E-state index contributed by atoms with van der Waals surface area (Å²) >= 11 is 0. The van der Waals surface area contributed by atoms with Gasteiger partial charge < -0.3 is 15.5 Å². The van der Waals surface area contributed by atoms with Crippen molar-refractivity contribution >= 4 is 28.0 Å². The van der Waals surface area contributed by atoms with E-state index in [0.717, 1.165) is 0 Å². The summed E-state index contributed by atoms with van der Waals surface area (Å²) in [4.78, 5) is 32.3. The van der Waals surface area contributed by atoms with E-state index in [4.69, 9.17) is 14.8 Å². The number of carboxylic acids is 2. The third kappa shape index (κ3) is 6.81. The first kappa shape index (κ1) is 16.3. The van der Waals surface area contributed by atoms with Crippen molar-refractivity contribution < 1.29 is 37.6 Å². The molecule has 0 rings (SSSR count). The van der Waals surface area contributed by atoms with Gasteiger partial charge in [0.25, 0.3) is 10.1 Å². The topological polar surface area (TPSA) is 158 Å². The fraction of sp³-hybridized carbons (Fsp3) is 0.625. The van der Waals surface area contributed by atoms with Crippen molar-refractivity contribution in [1.29, 1.82) is 0 Å². The molecule has 0 radical (unpaired) electrons. The minimum Gasteiger partial charge on any atom is -0.481 e. The van der Waals surface area contributed by atoms with Crippen LogP contribution in [0.2, 0.25) is 0 Å². The van der Waals surface area contributed by atoms with Crippen molar-refractivity contribution in [3.05, 3.63) is 0 Å². The number of nitrogens with one attached hydrogen (secondary N) is 1. The molecule has 0 aliphatic carbocycles. The van der Waals surface area contributed by atoms with E-state index in [1.165, 1.54) is 6.92 Å².